The Hall–Kier alpha value is -1.86. The highest BCUT2D eigenvalue weighted by Gasteiger charge is 2.20. The molecule has 1 aromatic heterocycles. The molecule has 26 heavy (non-hydrogen) atoms. The zero-order chi connectivity index (χ0) is 18.8. The van der Waals surface area contributed by atoms with E-state index in [-0.39, 0.29) is 16.4 Å². The second-order valence-electron chi connectivity index (χ2n) is 5.24. The van der Waals surface area contributed by atoms with Gasteiger partial charge in [0.25, 0.3) is 5.91 Å². The number of halogens is 4. The molecule has 0 unspecified atom stereocenters. The molecule has 2 aromatic carbocycles. The lowest BCUT2D eigenvalue weighted by Crippen LogP contribution is -2.32. The number of benzene rings is 2. The van der Waals surface area contributed by atoms with Crippen molar-refractivity contribution in [2.24, 2.45) is 0 Å². The monoisotopic (exact) mass is 430 g/mol. The maximum atomic E-state index is 12.8. The van der Waals surface area contributed by atoms with Crippen molar-refractivity contribution in [1.29, 1.82) is 0 Å². The maximum Gasteiger partial charge on any atom is 0.263 e. The number of carbonyl (C=O) groups excluding carboxylic acids is 2. The van der Waals surface area contributed by atoms with Crippen LogP contribution in [0.5, 0.6) is 0 Å². The molecule has 0 aliphatic rings. The number of thiophene rings is 1. The SMILES string of the molecule is O=C(CNC(=O)c1sc2cc(Cl)cc(Cl)c2c1Cl)Nc1ccc(F)cc1. The first-order valence-corrected chi connectivity index (χ1v) is 9.21. The summed E-state index contributed by atoms with van der Waals surface area (Å²) < 4.78 is 13.5. The lowest BCUT2D eigenvalue weighted by Gasteiger charge is -2.06. The maximum absolute atomic E-state index is 12.8. The Bertz CT molecular complexity index is 1010. The fourth-order valence-electron chi connectivity index (χ4n) is 2.24. The van der Waals surface area contributed by atoms with Gasteiger partial charge in [-0.05, 0) is 36.4 Å². The average molecular weight is 432 g/mol. The van der Waals surface area contributed by atoms with Crippen LogP contribution in [-0.4, -0.2) is 18.4 Å². The molecule has 0 saturated carbocycles. The van der Waals surface area contributed by atoms with Crippen LogP contribution in [0, 0.1) is 5.82 Å². The van der Waals surface area contributed by atoms with Gasteiger partial charge < -0.3 is 10.6 Å². The van der Waals surface area contributed by atoms with Crippen molar-refractivity contribution in [3.8, 4) is 0 Å². The zero-order valence-electron chi connectivity index (χ0n) is 12.9. The van der Waals surface area contributed by atoms with E-state index in [1.165, 1.54) is 24.3 Å². The Morgan fingerprint density at radius 2 is 1.77 bits per heavy atom. The van der Waals surface area contributed by atoms with Crippen molar-refractivity contribution in [3.05, 3.63) is 62.2 Å². The summed E-state index contributed by atoms with van der Waals surface area (Å²) in [5, 5.41) is 6.58. The Morgan fingerprint density at radius 3 is 2.46 bits per heavy atom. The molecule has 1 heterocycles. The average Bonchev–Trinajstić information content (AvgIpc) is 2.91. The van der Waals surface area contributed by atoms with Gasteiger partial charge in [-0.1, -0.05) is 34.8 Å². The Kier molecular flexibility index (Phi) is 5.67. The van der Waals surface area contributed by atoms with Gasteiger partial charge in [-0.25, -0.2) is 4.39 Å². The quantitative estimate of drug-likeness (QED) is 0.583. The second kappa shape index (κ2) is 7.80. The second-order valence-corrected chi connectivity index (χ2v) is 7.52. The van der Waals surface area contributed by atoms with Crippen molar-refractivity contribution in [2.45, 2.75) is 0 Å². The number of hydrogen-bond donors (Lipinski definition) is 2. The number of nitrogens with one attached hydrogen (secondary N) is 2. The molecule has 3 rings (SSSR count). The highest BCUT2D eigenvalue weighted by atomic mass is 35.5. The molecular formula is C17H10Cl3FN2O2S. The summed E-state index contributed by atoms with van der Waals surface area (Å²) >= 11 is 19.5. The van der Waals surface area contributed by atoms with Gasteiger partial charge in [0.2, 0.25) is 5.91 Å². The van der Waals surface area contributed by atoms with Gasteiger partial charge in [-0.3, -0.25) is 9.59 Å². The minimum atomic E-state index is -0.502. The number of anilines is 1. The molecule has 0 atom stereocenters. The minimum absolute atomic E-state index is 0.211. The van der Waals surface area contributed by atoms with Gasteiger partial charge in [-0.15, -0.1) is 11.3 Å². The topological polar surface area (TPSA) is 58.2 Å². The van der Waals surface area contributed by atoms with E-state index < -0.39 is 17.6 Å². The molecule has 2 amide bonds. The van der Waals surface area contributed by atoms with E-state index >= 15 is 0 Å². The van der Waals surface area contributed by atoms with Crippen LogP contribution in [-0.2, 0) is 4.79 Å². The lowest BCUT2D eigenvalue weighted by atomic mass is 10.2. The van der Waals surface area contributed by atoms with Gasteiger partial charge in [0, 0.05) is 20.8 Å². The van der Waals surface area contributed by atoms with E-state index in [0.717, 1.165) is 11.3 Å². The van der Waals surface area contributed by atoms with Crippen LogP contribution in [0.1, 0.15) is 9.67 Å². The standard InChI is InChI=1S/C17H10Cl3FN2O2S/c18-8-5-11(19)14-12(6-8)26-16(15(14)20)17(25)22-7-13(24)23-10-3-1-9(21)2-4-10/h1-6H,7H2,(H,22,25)(H,23,24). The molecule has 4 nitrogen and oxygen atoms in total. The number of fused-ring (bicyclic) bond motifs is 1. The fraction of sp³-hybridized carbons (Fsp3) is 0.0588. The van der Waals surface area contributed by atoms with Gasteiger partial charge in [0.15, 0.2) is 0 Å². The van der Waals surface area contributed by atoms with Crippen molar-refractivity contribution in [1.82, 2.24) is 5.32 Å². The number of amides is 2. The van der Waals surface area contributed by atoms with Crippen LogP contribution >= 0.6 is 46.1 Å². The molecule has 0 saturated heterocycles. The van der Waals surface area contributed by atoms with Crippen LogP contribution < -0.4 is 10.6 Å². The third-order valence-electron chi connectivity index (χ3n) is 3.39. The number of rotatable bonds is 4. The molecule has 0 aliphatic carbocycles. The van der Waals surface area contributed by atoms with E-state index in [1.807, 2.05) is 0 Å². The first-order chi connectivity index (χ1) is 12.3. The normalized spacial score (nSPS) is 10.8. The smallest absolute Gasteiger partial charge is 0.263 e. The van der Waals surface area contributed by atoms with E-state index in [9.17, 15) is 14.0 Å². The molecule has 2 N–H and O–H groups in total. The highest BCUT2D eigenvalue weighted by molar-refractivity contribution is 7.21. The van der Waals surface area contributed by atoms with Gasteiger partial charge >= 0.3 is 0 Å². The summed E-state index contributed by atoms with van der Waals surface area (Å²) in [6.45, 7) is -0.269. The van der Waals surface area contributed by atoms with Crippen LogP contribution in [0.25, 0.3) is 10.1 Å². The summed E-state index contributed by atoms with van der Waals surface area (Å²) in [6.07, 6.45) is 0. The minimum Gasteiger partial charge on any atom is -0.342 e. The summed E-state index contributed by atoms with van der Waals surface area (Å²) in [5.41, 5.74) is 0.423. The van der Waals surface area contributed by atoms with Crippen LogP contribution in [0.2, 0.25) is 15.1 Å². The van der Waals surface area contributed by atoms with E-state index in [2.05, 4.69) is 10.6 Å². The lowest BCUT2D eigenvalue weighted by molar-refractivity contribution is -0.115. The number of carbonyl (C=O) groups is 2. The molecule has 0 spiro atoms. The van der Waals surface area contributed by atoms with Crippen molar-refractivity contribution < 1.29 is 14.0 Å². The first-order valence-electron chi connectivity index (χ1n) is 7.26. The Labute approximate surface area is 166 Å². The first kappa shape index (κ1) is 18.9. The summed E-state index contributed by atoms with van der Waals surface area (Å²) in [5.74, 6) is -1.37. The van der Waals surface area contributed by atoms with Crippen LogP contribution in [0.3, 0.4) is 0 Å². The fourth-order valence-corrected chi connectivity index (χ4v) is 4.53. The van der Waals surface area contributed by atoms with Crippen LogP contribution in [0.15, 0.2) is 36.4 Å². The summed E-state index contributed by atoms with van der Waals surface area (Å²) in [6, 6.07) is 8.49. The molecule has 0 fully saturated rings. The Morgan fingerprint density at radius 1 is 1.08 bits per heavy atom. The van der Waals surface area contributed by atoms with Crippen LogP contribution in [0.4, 0.5) is 10.1 Å². The predicted octanol–water partition coefficient (Wildman–Crippen LogP) is 5.37. The van der Waals surface area contributed by atoms with Crippen molar-refractivity contribution in [2.75, 3.05) is 11.9 Å². The molecule has 0 aliphatic heterocycles. The van der Waals surface area contributed by atoms with Gasteiger partial charge in [-0.2, -0.15) is 0 Å². The summed E-state index contributed by atoms with van der Waals surface area (Å²) in [7, 11) is 0. The van der Waals surface area contributed by atoms with E-state index in [4.69, 9.17) is 34.8 Å². The van der Waals surface area contributed by atoms with E-state index in [0.29, 0.717) is 25.8 Å². The van der Waals surface area contributed by atoms with Gasteiger partial charge in [0.05, 0.1) is 16.6 Å². The van der Waals surface area contributed by atoms with E-state index in [1.54, 1.807) is 12.1 Å². The molecule has 134 valence electrons. The van der Waals surface area contributed by atoms with Gasteiger partial charge in [0.1, 0.15) is 10.7 Å². The third kappa shape index (κ3) is 4.10. The molecule has 9 heteroatoms. The number of hydrogen-bond acceptors (Lipinski definition) is 3. The van der Waals surface area contributed by atoms with Crippen molar-refractivity contribution in [3.63, 3.8) is 0 Å². The molecule has 0 radical (unpaired) electrons. The summed E-state index contributed by atoms with van der Waals surface area (Å²) in [4.78, 5) is 24.5. The predicted molar refractivity (Wildman–Crippen MR) is 104 cm³/mol. The third-order valence-corrected chi connectivity index (χ3v) is 5.54. The molecule has 0 bridgehead atoms. The largest absolute Gasteiger partial charge is 0.342 e. The Balaban J connectivity index is 1.69. The molecule has 3 aromatic rings. The zero-order valence-corrected chi connectivity index (χ0v) is 16.0. The highest BCUT2D eigenvalue weighted by Crippen LogP contribution is 2.41. The van der Waals surface area contributed by atoms with Crippen molar-refractivity contribution >= 4 is 73.7 Å². The molecular weight excluding hydrogens is 422 g/mol.